The maximum Gasteiger partial charge on any atom is 0.254 e. The molecule has 0 spiro atoms. The zero-order valence-corrected chi connectivity index (χ0v) is 16.2. The number of hydrogen-bond acceptors (Lipinski definition) is 3. The van der Waals surface area contributed by atoms with Crippen molar-refractivity contribution in [1.82, 2.24) is 15.2 Å². The second kappa shape index (κ2) is 7.64. The Labute approximate surface area is 163 Å². The lowest BCUT2D eigenvalue weighted by atomic mass is 10.1. The molecule has 146 valence electrons. The predicted molar refractivity (Wildman–Crippen MR) is 110 cm³/mol. The van der Waals surface area contributed by atoms with Crippen molar-refractivity contribution < 1.29 is 9.18 Å². The van der Waals surface area contributed by atoms with Crippen LogP contribution < -0.4 is 10.6 Å². The number of hydrogen-bond donors (Lipinski definition) is 3. The second-order valence-electron chi connectivity index (χ2n) is 7.34. The molecule has 0 aliphatic carbocycles. The van der Waals surface area contributed by atoms with Crippen LogP contribution in [0.15, 0.2) is 36.4 Å². The number of anilines is 1. The highest BCUT2D eigenvalue weighted by Crippen LogP contribution is 2.30. The van der Waals surface area contributed by atoms with Crippen LogP contribution in [0.2, 0.25) is 0 Å². The Morgan fingerprint density at radius 2 is 1.86 bits per heavy atom. The van der Waals surface area contributed by atoms with Crippen LogP contribution in [0.25, 0.3) is 10.9 Å². The van der Waals surface area contributed by atoms with E-state index in [1.807, 2.05) is 24.0 Å². The summed E-state index contributed by atoms with van der Waals surface area (Å²) in [5, 5.41) is 7.76. The maximum atomic E-state index is 13.2. The third-order valence-corrected chi connectivity index (χ3v) is 5.46. The minimum atomic E-state index is -0.245. The van der Waals surface area contributed by atoms with Gasteiger partial charge in [-0.15, -0.1) is 0 Å². The zero-order valence-electron chi connectivity index (χ0n) is 16.2. The van der Waals surface area contributed by atoms with Gasteiger partial charge in [0.05, 0.1) is 11.2 Å². The molecular weight excluding hydrogens is 355 g/mol. The van der Waals surface area contributed by atoms with Crippen LogP contribution in [0.1, 0.15) is 27.2 Å². The number of H-pyrrole nitrogens is 1. The van der Waals surface area contributed by atoms with Gasteiger partial charge in [0, 0.05) is 49.4 Å². The molecule has 1 aliphatic heterocycles. The minimum Gasteiger partial charge on any atom is -0.379 e. The highest BCUT2D eigenvalue weighted by molar-refractivity contribution is 6.03. The summed E-state index contributed by atoms with van der Waals surface area (Å²) < 4.78 is 13.2. The van der Waals surface area contributed by atoms with Gasteiger partial charge in [0.25, 0.3) is 5.91 Å². The van der Waals surface area contributed by atoms with E-state index >= 15 is 0 Å². The van der Waals surface area contributed by atoms with Crippen LogP contribution in [0.3, 0.4) is 0 Å². The quantitative estimate of drug-likeness (QED) is 0.648. The Balaban J connectivity index is 1.68. The van der Waals surface area contributed by atoms with Crippen molar-refractivity contribution in [2.45, 2.75) is 20.4 Å². The number of aromatic amines is 1. The second-order valence-corrected chi connectivity index (χ2v) is 7.34. The average molecular weight is 380 g/mol. The zero-order chi connectivity index (χ0) is 19.7. The van der Waals surface area contributed by atoms with E-state index in [0.717, 1.165) is 59.6 Å². The summed E-state index contributed by atoms with van der Waals surface area (Å²) in [6.45, 7) is 7.75. The molecule has 4 rings (SSSR count). The molecule has 1 aromatic heterocycles. The molecule has 3 aromatic rings. The largest absolute Gasteiger partial charge is 0.379 e. The monoisotopic (exact) mass is 380 g/mol. The molecule has 6 heteroatoms. The first-order valence-corrected chi connectivity index (χ1v) is 9.64. The molecule has 1 saturated heterocycles. The third-order valence-electron chi connectivity index (χ3n) is 5.46. The fourth-order valence-corrected chi connectivity index (χ4v) is 3.67. The highest BCUT2D eigenvalue weighted by Gasteiger charge is 2.20. The van der Waals surface area contributed by atoms with Gasteiger partial charge in [-0.2, -0.15) is 0 Å². The van der Waals surface area contributed by atoms with Gasteiger partial charge in [-0.3, -0.25) is 4.79 Å². The number of nitrogens with one attached hydrogen (secondary N) is 3. The standard InChI is InChI=1S/C22H25FN4O/c1-14-15(2)26-21-19(14)11-17(22(28)27-9-7-24-8-10-27)12-20(21)25-13-16-3-5-18(23)6-4-16/h3-6,11-12,24-26H,7-10,13H2,1-2H3. The molecule has 0 atom stereocenters. The SMILES string of the molecule is Cc1[nH]c2c(NCc3ccc(F)cc3)cc(C(=O)N3CCNCC3)cc2c1C. The van der Waals surface area contributed by atoms with Crippen molar-refractivity contribution >= 4 is 22.5 Å². The van der Waals surface area contributed by atoms with Crippen LogP contribution in [0.4, 0.5) is 10.1 Å². The number of aryl methyl sites for hydroxylation is 2. The van der Waals surface area contributed by atoms with Crippen LogP contribution in [0.5, 0.6) is 0 Å². The lowest BCUT2D eigenvalue weighted by Gasteiger charge is -2.27. The van der Waals surface area contributed by atoms with Crippen molar-refractivity contribution in [1.29, 1.82) is 0 Å². The number of aromatic nitrogens is 1. The first kappa shape index (κ1) is 18.5. The molecule has 0 saturated carbocycles. The molecule has 1 amide bonds. The van der Waals surface area contributed by atoms with Gasteiger partial charge in [-0.25, -0.2) is 4.39 Å². The van der Waals surface area contributed by atoms with Gasteiger partial charge in [0.15, 0.2) is 0 Å². The molecule has 2 heterocycles. The van der Waals surface area contributed by atoms with E-state index in [-0.39, 0.29) is 11.7 Å². The predicted octanol–water partition coefficient (Wildman–Crippen LogP) is 3.58. The van der Waals surface area contributed by atoms with Crippen molar-refractivity contribution in [3.05, 3.63) is 64.6 Å². The van der Waals surface area contributed by atoms with Gasteiger partial charge in [-0.1, -0.05) is 12.1 Å². The number of benzene rings is 2. The number of piperazine rings is 1. The van der Waals surface area contributed by atoms with E-state index in [2.05, 4.69) is 22.5 Å². The molecule has 5 nitrogen and oxygen atoms in total. The molecule has 28 heavy (non-hydrogen) atoms. The van der Waals surface area contributed by atoms with Crippen molar-refractivity contribution in [2.24, 2.45) is 0 Å². The van der Waals surface area contributed by atoms with Gasteiger partial charge in [0.2, 0.25) is 0 Å². The van der Waals surface area contributed by atoms with Gasteiger partial charge in [0.1, 0.15) is 5.82 Å². The van der Waals surface area contributed by atoms with Crippen LogP contribution in [-0.4, -0.2) is 42.0 Å². The Hall–Kier alpha value is -2.86. The van der Waals surface area contributed by atoms with E-state index in [1.54, 1.807) is 12.1 Å². The number of rotatable bonds is 4. The molecule has 0 unspecified atom stereocenters. The van der Waals surface area contributed by atoms with Crippen molar-refractivity contribution in [2.75, 3.05) is 31.5 Å². The van der Waals surface area contributed by atoms with Crippen LogP contribution in [0, 0.1) is 19.7 Å². The number of amides is 1. The third kappa shape index (κ3) is 3.60. The molecule has 3 N–H and O–H groups in total. The lowest BCUT2D eigenvalue weighted by Crippen LogP contribution is -2.46. The molecule has 1 aliphatic rings. The number of carbonyl (C=O) groups is 1. The first-order valence-electron chi connectivity index (χ1n) is 9.64. The minimum absolute atomic E-state index is 0.0616. The van der Waals surface area contributed by atoms with E-state index < -0.39 is 0 Å². The summed E-state index contributed by atoms with van der Waals surface area (Å²) >= 11 is 0. The van der Waals surface area contributed by atoms with Gasteiger partial charge < -0.3 is 20.5 Å². The fourth-order valence-electron chi connectivity index (χ4n) is 3.67. The number of halogens is 1. The topological polar surface area (TPSA) is 60.2 Å². The van der Waals surface area contributed by atoms with Crippen LogP contribution in [-0.2, 0) is 6.54 Å². The first-order chi connectivity index (χ1) is 13.5. The lowest BCUT2D eigenvalue weighted by molar-refractivity contribution is 0.0736. The highest BCUT2D eigenvalue weighted by atomic mass is 19.1. The molecule has 0 bridgehead atoms. The summed E-state index contributed by atoms with van der Waals surface area (Å²) in [7, 11) is 0. The Kier molecular flexibility index (Phi) is 5.05. The summed E-state index contributed by atoms with van der Waals surface area (Å²) in [5.74, 6) is -0.183. The Bertz CT molecular complexity index is 1000. The van der Waals surface area contributed by atoms with Crippen molar-refractivity contribution in [3.8, 4) is 0 Å². The summed E-state index contributed by atoms with van der Waals surface area (Å²) in [5.41, 5.74) is 5.79. The number of carbonyl (C=O) groups excluding carboxylic acids is 1. The fraction of sp³-hybridized carbons (Fsp3) is 0.318. The van der Waals surface area contributed by atoms with E-state index in [4.69, 9.17) is 0 Å². The molecular formula is C22H25FN4O. The summed E-state index contributed by atoms with van der Waals surface area (Å²) in [6, 6.07) is 10.4. The molecule has 2 aromatic carbocycles. The summed E-state index contributed by atoms with van der Waals surface area (Å²) in [4.78, 5) is 18.4. The van der Waals surface area contributed by atoms with Gasteiger partial charge in [-0.05, 0) is 49.2 Å². The maximum absolute atomic E-state index is 13.2. The Morgan fingerprint density at radius 1 is 1.14 bits per heavy atom. The smallest absolute Gasteiger partial charge is 0.254 e. The van der Waals surface area contributed by atoms with E-state index in [0.29, 0.717) is 12.1 Å². The number of nitrogens with zero attached hydrogens (tertiary/aromatic N) is 1. The number of fused-ring (bicyclic) bond motifs is 1. The molecule has 1 fully saturated rings. The van der Waals surface area contributed by atoms with E-state index in [1.165, 1.54) is 12.1 Å². The summed E-state index contributed by atoms with van der Waals surface area (Å²) in [6.07, 6.45) is 0. The van der Waals surface area contributed by atoms with Crippen LogP contribution >= 0.6 is 0 Å². The normalized spacial score (nSPS) is 14.5. The van der Waals surface area contributed by atoms with Gasteiger partial charge >= 0.3 is 0 Å². The van der Waals surface area contributed by atoms with E-state index in [9.17, 15) is 9.18 Å². The van der Waals surface area contributed by atoms with Crippen molar-refractivity contribution in [3.63, 3.8) is 0 Å². The molecule has 0 radical (unpaired) electrons. The average Bonchev–Trinajstić information content (AvgIpc) is 3.01. The Morgan fingerprint density at radius 3 is 2.57 bits per heavy atom.